The number of hydrogen-bond donors (Lipinski definition) is 2. The van der Waals surface area contributed by atoms with E-state index in [2.05, 4.69) is 0 Å². The van der Waals surface area contributed by atoms with E-state index in [1.807, 2.05) is 0 Å². The monoisotopic (exact) mass is 202 g/mol. The fourth-order valence-corrected chi connectivity index (χ4v) is 1.32. The number of ether oxygens (including phenoxy) is 1. The van der Waals surface area contributed by atoms with Gasteiger partial charge in [-0.15, -0.1) is 0 Å². The third kappa shape index (κ3) is 2.26. The maximum Gasteiger partial charge on any atom is 0.141 e. The first-order chi connectivity index (χ1) is 6.19. The van der Waals surface area contributed by atoms with Gasteiger partial charge in [-0.1, -0.05) is 11.6 Å². The fraction of sp³-hybridized carbons (Fsp3) is 0.333. The Bertz CT molecular complexity index is 299. The van der Waals surface area contributed by atoms with Crippen molar-refractivity contribution < 1.29 is 14.9 Å². The van der Waals surface area contributed by atoms with Crippen molar-refractivity contribution in [3.8, 4) is 11.5 Å². The number of methoxy groups -OCH3 is 1. The summed E-state index contributed by atoms with van der Waals surface area (Å²) >= 11 is 5.82. The summed E-state index contributed by atoms with van der Waals surface area (Å²) in [7, 11) is 1.48. The van der Waals surface area contributed by atoms with Gasteiger partial charge in [-0.3, -0.25) is 0 Å². The van der Waals surface area contributed by atoms with E-state index in [1.165, 1.54) is 13.2 Å². The van der Waals surface area contributed by atoms with Crippen molar-refractivity contribution in [2.24, 2.45) is 0 Å². The maximum atomic E-state index is 9.43. The minimum Gasteiger partial charge on any atom is -0.508 e. The molecule has 1 aromatic rings. The molecule has 72 valence electrons. The highest BCUT2D eigenvalue weighted by Crippen LogP contribution is 2.31. The Morgan fingerprint density at radius 1 is 1.46 bits per heavy atom. The lowest BCUT2D eigenvalue weighted by atomic mass is 10.1. The minimum absolute atomic E-state index is 0.0176. The average Bonchev–Trinajstić information content (AvgIpc) is 2.11. The summed E-state index contributed by atoms with van der Waals surface area (Å²) in [5.74, 6) is 0.524. The quantitative estimate of drug-likeness (QED) is 0.783. The first-order valence-corrected chi connectivity index (χ1v) is 4.23. The molecular weight excluding hydrogens is 192 g/mol. The molecule has 0 heterocycles. The van der Waals surface area contributed by atoms with Crippen LogP contribution in [0.2, 0.25) is 5.02 Å². The Balaban J connectivity index is 3.05. The minimum atomic E-state index is -0.0176. The summed E-state index contributed by atoms with van der Waals surface area (Å²) in [5, 5.41) is 18.5. The molecule has 0 spiro atoms. The van der Waals surface area contributed by atoms with Crippen LogP contribution < -0.4 is 4.74 Å². The zero-order chi connectivity index (χ0) is 9.84. The van der Waals surface area contributed by atoms with Gasteiger partial charge in [0.25, 0.3) is 0 Å². The van der Waals surface area contributed by atoms with E-state index in [1.54, 1.807) is 6.07 Å². The smallest absolute Gasteiger partial charge is 0.141 e. The van der Waals surface area contributed by atoms with Crippen LogP contribution in [0.4, 0.5) is 0 Å². The number of halogens is 1. The number of hydrogen-bond acceptors (Lipinski definition) is 3. The van der Waals surface area contributed by atoms with Crippen LogP contribution in [-0.4, -0.2) is 23.9 Å². The van der Waals surface area contributed by atoms with Gasteiger partial charge >= 0.3 is 0 Å². The molecule has 0 aliphatic carbocycles. The molecule has 0 unspecified atom stereocenters. The molecule has 1 rings (SSSR count). The molecule has 0 atom stereocenters. The van der Waals surface area contributed by atoms with Gasteiger partial charge in [-0.2, -0.15) is 0 Å². The van der Waals surface area contributed by atoms with Crippen molar-refractivity contribution in [3.05, 3.63) is 22.7 Å². The van der Waals surface area contributed by atoms with Crippen LogP contribution in [0.1, 0.15) is 5.56 Å². The molecule has 0 bridgehead atoms. The van der Waals surface area contributed by atoms with Crippen molar-refractivity contribution in [2.45, 2.75) is 6.42 Å². The third-order valence-corrected chi connectivity index (χ3v) is 2.03. The molecule has 0 amide bonds. The lowest BCUT2D eigenvalue weighted by Crippen LogP contribution is -1.93. The number of aliphatic hydroxyl groups is 1. The third-order valence-electron chi connectivity index (χ3n) is 1.73. The molecule has 0 radical (unpaired) electrons. The maximum absolute atomic E-state index is 9.43. The van der Waals surface area contributed by atoms with Crippen LogP contribution in [0, 0.1) is 0 Å². The largest absolute Gasteiger partial charge is 0.508 e. The van der Waals surface area contributed by atoms with Crippen molar-refractivity contribution in [3.63, 3.8) is 0 Å². The van der Waals surface area contributed by atoms with Crippen LogP contribution in [0.5, 0.6) is 11.5 Å². The second-order valence-corrected chi connectivity index (χ2v) is 3.00. The number of phenolic OH excluding ortho intramolecular Hbond substituents is 1. The number of benzene rings is 1. The Morgan fingerprint density at radius 2 is 2.15 bits per heavy atom. The number of aromatic hydroxyl groups is 1. The van der Waals surface area contributed by atoms with Crippen LogP contribution in [0.25, 0.3) is 0 Å². The number of phenols is 1. The summed E-state index contributed by atoms with van der Waals surface area (Å²) in [6, 6.07) is 3.03. The fourth-order valence-electron chi connectivity index (χ4n) is 1.06. The van der Waals surface area contributed by atoms with Gasteiger partial charge in [-0.25, -0.2) is 0 Å². The van der Waals surface area contributed by atoms with Crippen molar-refractivity contribution in [1.82, 2.24) is 0 Å². The first-order valence-electron chi connectivity index (χ1n) is 3.85. The molecule has 1 aromatic carbocycles. The van der Waals surface area contributed by atoms with E-state index in [-0.39, 0.29) is 12.4 Å². The average molecular weight is 203 g/mol. The number of rotatable bonds is 3. The molecular formula is C9H11ClO3. The Hall–Kier alpha value is -0.930. The van der Waals surface area contributed by atoms with E-state index in [4.69, 9.17) is 21.4 Å². The molecule has 2 N–H and O–H groups in total. The van der Waals surface area contributed by atoms with Gasteiger partial charge < -0.3 is 14.9 Å². The molecule has 0 aliphatic rings. The predicted molar refractivity (Wildman–Crippen MR) is 50.5 cm³/mol. The van der Waals surface area contributed by atoms with Crippen molar-refractivity contribution in [1.29, 1.82) is 0 Å². The highest BCUT2D eigenvalue weighted by Gasteiger charge is 2.07. The van der Waals surface area contributed by atoms with Gasteiger partial charge in [0, 0.05) is 12.7 Å². The second kappa shape index (κ2) is 4.35. The second-order valence-electron chi connectivity index (χ2n) is 2.59. The van der Waals surface area contributed by atoms with Gasteiger partial charge in [0.15, 0.2) is 0 Å². The summed E-state index contributed by atoms with van der Waals surface area (Å²) in [5.41, 5.74) is 0.619. The van der Waals surface area contributed by atoms with Gasteiger partial charge in [0.2, 0.25) is 0 Å². The molecule has 0 aliphatic heterocycles. The SMILES string of the molecule is COc1cc(O)c(CCO)cc1Cl. The predicted octanol–water partition coefficient (Wildman–Crippen LogP) is 1.59. The summed E-state index contributed by atoms with van der Waals surface area (Å²) in [6.45, 7) is -0.0176. The molecule has 4 heteroatoms. The zero-order valence-corrected chi connectivity index (χ0v) is 8.01. The molecule has 0 saturated carbocycles. The molecule has 13 heavy (non-hydrogen) atoms. The van der Waals surface area contributed by atoms with Crippen LogP contribution in [0.3, 0.4) is 0 Å². The number of aliphatic hydroxyl groups excluding tert-OH is 1. The highest BCUT2D eigenvalue weighted by atomic mass is 35.5. The standard InChI is InChI=1S/C9H11ClO3/c1-13-9-5-8(12)6(2-3-11)4-7(9)10/h4-5,11-12H,2-3H2,1H3. The van der Waals surface area contributed by atoms with E-state index in [0.29, 0.717) is 22.8 Å². The molecule has 3 nitrogen and oxygen atoms in total. The normalized spacial score (nSPS) is 10.1. The van der Waals surface area contributed by atoms with Crippen LogP contribution in [-0.2, 0) is 6.42 Å². The molecule has 0 aromatic heterocycles. The van der Waals surface area contributed by atoms with E-state index < -0.39 is 0 Å². The topological polar surface area (TPSA) is 49.7 Å². The highest BCUT2D eigenvalue weighted by molar-refractivity contribution is 6.32. The Kier molecular flexibility index (Phi) is 3.39. The summed E-state index contributed by atoms with van der Waals surface area (Å²) < 4.78 is 4.90. The van der Waals surface area contributed by atoms with Gasteiger partial charge in [0.1, 0.15) is 11.5 Å². The molecule has 0 saturated heterocycles. The zero-order valence-electron chi connectivity index (χ0n) is 7.25. The van der Waals surface area contributed by atoms with E-state index in [9.17, 15) is 5.11 Å². The molecule has 0 fully saturated rings. The van der Waals surface area contributed by atoms with Crippen molar-refractivity contribution >= 4 is 11.6 Å². The lowest BCUT2D eigenvalue weighted by molar-refractivity contribution is 0.297. The Labute approximate surface area is 81.5 Å². The van der Waals surface area contributed by atoms with E-state index in [0.717, 1.165) is 0 Å². The summed E-state index contributed by atoms with van der Waals surface area (Å²) in [4.78, 5) is 0. The van der Waals surface area contributed by atoms with E-state index >= 15 is 0 Å². The Morgan fingerprint density at radius 3 is 2.69 bits per heavy atom. The van der Waals surface area contributed by atoms with Gasteiger partial charge in [0.05, 0.1) is 12.1 Å². The summed E-state index contributed by atoms with van der Waals surface area (Å²) in [6.07, 6.45) is 0.384. The van der Waals surface area contributed by atoms with Crippen LogP contribution >= 0.6 is 11.6 Å². The van der Waals surface area contributed by atoms with Gasteiger partial charge in [-0.05, 0) is 18.1 Å². The van der Waals surface area contributed by atoms with Crippen LogP contribution in [0.15, 0.2) is 12.1 Å². The van der Waals surface area contributed by atoms with Crippen molar-refractivity contribution in [2.75, 3.05) is 13.7 Å². The first kappa shape index (κ1) is 10.2. The lowest BCUT2D eigenvalue weighted by Gasteiger charge is -2.07.